The van der Waals surface area contributed by atoms with E-state index in [9.17, 15) is 14.4 Å². The number of fused-ring (bicyclic) bond motifs is 2. The largest absolute Gasteiger partial charge is 0.454 e. The minimum Gasteiger partial charge on any atom is -0.454 e. The van der Waals surface area contributed by atoms with Gasteiger partial charge in [-0.2, -0.15) is 0 Å². The van der Waals surface area contributed by atoms with Crippen LogP contribution in [0.25, 0.3) is 21.1 Å². The van der Waals surface area contributed by atoms with Crippen LogP contribution in [0.5, 0.6) is 0 Å². The van der Waals surface area contributed by atoms with Crippen molar-refractivity contribution in [2.75, 3.05) is 0 Å². The number of H-pyrrole nitrogens is 1. The summed E-state index contributed by atoms with van der Waals surface area (Å²) >= 11 is 1.17. The first kappa shape index (κ1) is 18.1. The molecule has 4 rings (SSSR count). The summed E-state index contributed by atoms with van der Waals surface area (Å²) in [5, 5.41) is 1.20. The van der Waals surface area contributed by atoms with Gasteiger partial charge in [-0.3, -0.25) is 9.59 Å². The molecule has 0 atom stereocenters. The van der Waals surface area contributed by atoms with Crippen molar-refractivity contribution in [3.8, 4) is 0 Å². The van der Waals surface area contributed by atoms with Crippen LogP contribution in [-0.2, 0) is 18.4 Å². The fourth-order valence-corrected chi connectivity index (χ4v) is 4.40. The molecule has 3 heterocycles. The van der Waals surface area contributed by atoms with E-state index in [0.717, 1.165) is 10.9 Å². The summed E-state index contributed by atoms with van der Waals surface area (Å²) < 4.78 is 7.23. The molecule has 8 heteroatoms. The van der Waals surface area contributed by atoms with Crippen LogP contribution in [0.15, 0.2) is 35.3 Å². The van der Waals surface area contributed by atoms with Gasteiger partial charge in [0.2, 0.25) is 0 Å². The van der Waals surface area contributed by atoms with Crippen molar-refractivity contribution in [1.29, 1.82) is 0 Å². The van der Waals surface area contributed by atoms with E-state index in [4.69, 9.17) is 4.74 Å². The molecule has 0 spiro atoms. The summed E-state index contributed by atoms with van der Waals surface area (Å²) in [5.74, 6) is -0.363. The summed E-state index contributed by atoms with van der Waals surface area (Å²) in [6.07, 6.45) is 1.72. The number of nitrogens with zero attached hydrogens (tertiary/aromatic N) is 2. The van der Waals surface area contributed by atoms with Crippen LogP contribution in [0.2, 0.25) is 0 Å². The number of para-hydroxylation sites is 1. The van der Waals surface area contributed by atoms with Crippen molar-refractivity contribution in [2.45, 2.75) is 20.5 Å². The molecule has 0 amide bonds. The predicted molar refractivity (Wildman–Crippen MR) is 107 cm³/mol. The van der Waals surface area contributed by atoms with E-state index < -0.39 is 5.97 Å². The highest BCUT2D eigenvalue weighted by Crippen LogP contribution is 2.27. The first-order chi connectivity index (χ1) is 13.4. The minimum absolute atomic E-state index is 0.108. The normalized spacial score (nSPS) is 11.2. The van der Waals surface area contributed by atoms with Gasteiger partial charge >= 0.3 is 5.97 Å². The van der Waals surface area contributed by atoms with E-state index in [1.54, 1.807) is 13.1 Å². The Hall–Kier alpha value is -3.26. The molecule has 0 unspecified atom stereocenters. The molecule has 0 radical (unpaired) electrons. The zero-order valence-electron chi connectivity index (χ0n) is 15.5. The van der Waals surface area contributed by atoms with Gasteiger partial charge in [-0.15, -0.1) is 11.3 Å². The topological polar surface area (TPSA) is 94.0 Å². The lowest BCUT2D eigenvalue weighted by molar-refractivity contribution is 0.0464. The lowest BCUT2D eigenvalue weighted by Gasteiger charge is -2.04. The molecule has 0 bridgehead atoms. The maximum atomic E-state index is 12.5. The molecule has 0 aliphatic heterocycles. The minimum atomic E-state index is -0.494. The van der Waals surface area contributed by atoms with Gasteiger partial charge in [-0.25, -0.2) is 9.78 Å². The van der Waals surface area contributed by atoms with Gasteiger partial charge in [-0.1, -0.05) is 18.2 Å². The van der Waals surface area contributed by atoms with Crippen molar-refractivity contribution < 1.29 is 14.3 Å². The highest BCUT2D eigenvalue weighted by Gasteiger charge is 2.18. The number of hydrogen-bond donors (Lipinski definition) is 1. The maximum Gasteiger partial charge on any atom is 0.340 e. The number of rotatable bonds is 4. The van der Waals surface area contributed by atoms with E-state index in [2.05, 4.69) is 9.97 Å². The van der Waals surface area contributed by atoms with Crippen LogP contribution in [0.4, 0.5) is 0 Å². The molecule has 0 saturated heterocycles. The molecule has 0 aliphatic carbocycles. The van der Waals surface area contributed by atoms with E-state index in [0.29, 0.717) is 26.2 Å². The zero-order valence-corrected chi connectivity index (χ0v) is 16.3. The first-order valence-electron chi connectivity index (χ1n) is 8.61. The van der Waals surface area contributed by atoms with Crippen molar-refractivity contribution >= 4 is 44.2 Å². The van der Waals surface area contributed by atoms with Crippen LogP contribution in [0, 0.1) is 6.92 Å². The Bertz CT molecular complexity index is 1310. The monoisotopic (exact) mass is 395 g/mol. The quantitative estimate of drug-likeness (QED) is 0.422. The Morgan fingerprint density at radius 1 is 1.29 bits per heavy atom. The van der Waals surface area contributed by atoms with Gasteiger partial charge in [0.05, 0.1) is 15.8 Å². The van der Waals surface area contributed by atoms with Gasteiger partial charge in [0.25, 0.3) is 5.56 Å². The number of aryl methyl sites for hydroxylation is 2. The van der Waals surface area contributed by atoms with Gasteiger partial charge in [-0.05, 0) is 25.5 Å². The number of hydrogen-bond acceptors (Lipinski definition) is 6. The molecule has 0 saturated carbocycles. The molecule has 1 aromatic carbocycles. The average Bonchev–Trinajstić information content (AvgIpc) is 3.18. The predicted octanol–water partition coefficient (Wildman–Crippen LogP) is 3.34. The lowest BCUT2D eigenvalue weighted by Crippen LogP contribution is -2.14. The number of esters is 1. The van der Waals surface area contributed by atoms with E-state index in [1.165, 1.54) is 18.3 Å². The fourth-order valence-electron chi connectivity index (χ4n) is 3.31. The number of thiophene rings is 1. The average molecular weight is 395 g/mol. The van der Waals surface area contributed by atoms with Crippen LogP contribution in [-0.4, -0.2) is 26.3 Å². The summed E-state index contributed by atoms with van der Waals surface area (Å²) in [5.41, 5.74) is 1.66. The second-order valence-corrected chi connectivity index (χ2v) is 7.55. The third kappa shape index (κ3) is 2.91. The van der Waals surface area contributed by atoms with E-state index in [1.807, 2.05) is 35.9 Å². The number of aromatic nitrogens is 3. The lowest BCUT2D eigenvalue weighted by atomic mass is 10.2. The molecule has 142 valence electrons. The molecule has 28 heavy (non-hydrogen) atoms. The molecular formula is C20H17N3O4S. The second kappa shape index (κ2) is 6.72. The van der Waals surface area contributed by atoms with E-state index in [-0.39, 0.29) is 23.8 Å². The highest BCUT2D eigenvalue weighted by atomic mass is 32.1. The summed E-state index contributed by atoms with van der Waals surface area (Å²) in [6, 6.07) is 7.54. The summed E-state index contributed by atoms with van der Waals surface area (Å²) in [6.45, 7) is 3.02. The maximum absolute atomic E-state index is 12.5. The highest BCUT2D eigenvalue weighted by molar-refractivity contribution is 7.20. The van der Waals surface area contributed by atoms with Crippen molar-refractivity contribution in [2.24, 2.45) is 7.05 Å². The number of carbonyl (C=O) groups excluding carboxylic acids is 2. The smallest absolute Gasteiger partial charge is 0.340 e. The zero-order chi connectivity index (χ0) is 20.0. The number of benzene rings is 1. The van der Waals surface area contributed by atoms with Gasteiger partial charge in [0.15, 0.2) is 5.78 Å². The van der Waals surface area contributed by atoms with Crippen molar-refractivity contribution in [1.82, 2.24) is 14.5 Å². The fraction of sp³-hybridized carbons (Fsp3) is 0.200. The Morgan fingerprint density at radius 3 is 2.79 bits per heavy atom. The van der Waals surface area contributed by atoms with Crippen molar-refractivity contribution in [3.05, 3.63) is 62.6 Å². The van der Waals surface area contributed by atoms with Gasteiger partial charge in [0.1, 0.15) is 17.3 Å². The van der Waals surface area contributed by atoms with E-state index >= 15 is 0 Å². The molecule has 7 nitrogen and oxygen atoms in total. The number of Topliss-reactive ketones (excluding diaryl/α,β-unsaturated/α-hetero) is 1. The number of ether oxygens (including phenoxy) is 1. The van der Waals surface area contributed by atoms with Crippen LogP contribution < -0.4 is 5.56 Å². The van der Waals surface area contributed by atoms with Crippen molar-refractivity contribution in [3.63, 3.8) is 0 Å². The Morgan fingerprint density at radius 2 is 2.04 bits per heavy atom. The number of carbonyl (C=O) groups is 2. The molecule has 4 aromatic rings. The third-order valence-electron chi connectivity index (χ3n) is 4.63. The molecule has 0 fully saturated rings. The van der Waals surface area contributed by atoms with Crippen LogP contribution in [0.1, 0.15) is 38.3 Å². The molecular weight excluding hydrogens is 378 g/mol. The number of nitrogens with one attached hydrogen (secondary N) is 1. The Balaban J connectivity index is 1.62. The second-order valence-electron chi connectivity index (χ2n) is 6.55. The summed E-state index contributed by atoms with van der Waals surface area (Å²) in [4.78, 5) is 44.6. The Labute approximate surface area is 163 Å². The number of aromatic amines is 1. The number of ketones is 1. The third-order valence-corrected chi connectivity index (χ3v) is 5.91. The molecule has 0 aliphatic rings. The first-order valence-corrected chi connectivity index (χ1v) is 9.43. The van der Waals surface area contributed by atoms with Crippen LogP contribution >= 0.6 is 11.3 Å². The molecule has 1 N–H and O–H groups in total. The van der Waals surface area contributed by atoms with Crippen LogP contribution in [0.3, 0.4) is 0 Å². The Kier molecular flexibility index (Phi) is 4.35. The summed E-state index contributed by atoms with van der Waals surface area (Å²) in [7, 11) is 1.86. The standard InChI is InChI=1S/C20H17N3O4S/c1-10-16-18(25)21-15(22-19(16)28-17(10)11(2)24)9-27-20(26)13-8-23(3)14-7-5-4-6-12(13)14/h4-8H,9H2,1-3H3,(H,21,22,25). The molecule has 3 aromatic heterocycles. The SMILES string of the molecule is CC(=O)c1sc2nc(COC(=O)c3cn(C)c4ccccc34)[nH]c(=O)c2c1C. The van der Waals surface area contributed by atoms with Gasteiger partial charge < -0.3 is 14.3 Å². The van der Waals surface area contributed by atoms with Gasteiger partial charge in [0, 0.05) is 24.1 Å².